The van der Waals surface area contributed by atoms with Gasteiger partial charge in [0.15, 0.2) is 0 Å². The second-order valence-corrected chi connectivity index (χ2v) is 6.32. The Labute approximate surface area is 100 Å². The monoisotopic (exact) mass is 227 g/mol. The van der Waals surface area contributed by atoms with Crippen LogP contribution in [-0.2, 0) is 0 Å². The molecule has 2 aliphatic carbocycles. The van der Waals surface area contributed by atoms with E-state index < -0.39 is 0 Å². The molecule has 2 atom stereocenters. The van der Waals surface area contributed by atoms with E-state index >= 15 is 0 Å². The molecule has 2 saturated carbocycles. The van der Waals surface area contributed by atoms with E-state index in [2.05, 4.69) is 31.5 Å². The molecular formula is C13H25NS. The fourth-order valence-electron chi connectivity index (χ4n) is 3.00. The third kappa shape index (κ3) is 2.91. The van der Waals surface area contributed by atoms with Gasteiger partial charge in [-0.2, -0.15) is 12.6 Å². The molecular weight excluding hydrogens is 202 g/mol. The highest BCUT2D eigenvalue weighted by atomic mass is 32.1. The molecule has 0 heterocycles. The molecule has 0 spiro atoms. The van der Waals surface area contributed by atoms with Gasteiger partial charge in [0.25, 0.3) is 0 Å². The minimum atomic E-state index is 0.596. The van der Waals surface area contributed by atoms with Gasteiger partial charge in [-0.25, -0.2) is 0 Å². The summed E-state index contributed by atoms with van der Waals surface area (Å²) < 4.78 is 0. The fourth-order valence-corrected chi connectivity index (χ4v) is 3.42. The average Bonchev–Trinajstić information content (AvgIpc) is 2.98. The second kappa shape index (κ2) is 4.67. The van der Waals surface area contributed by atoms with Crippen molar-refractivity contribution in [1.29, 1.82) is 0 Å². The van der Waals surface area contributed by atoms with Gasteiger partial charge in [0, 0.05) is 12.6 Å². The predicted octanol–water partition coefficient (Wildman–Crippen LogP) is 3.21. The molecule has 0 amide bonds. The van der Waals surface area contributed by atoms with Crippen LogP contribution in [0.5, 0.6) is 0 Å². The van der Waals surface area contributed by atoms with Crippen LogP contribution in [0, 0.1) is 11.3 Å². The molecule has 0 aromatic heterocycles. The number of nitrogens with zero attached hydrogens (tertiary/aromatic N) is 1. The molecule has 0 aromatic carbocycles. The van der Waals surface area contributed by atoms with Crippen molar-refractivity contribution in [3.8, 4) is 0 Å². The van der Waals surface area contributed by atoms with Crippen molar-refractivity contribution in [2.24, 2.45) is 11.3 Å². The highest BCUT2D eigenvalue weighted by molar-refractivity contribution is 7.80. The van der Waals surface area contributed by atoms with Crippen molar-refractivity contribution >= 4 is 12.6 Å². The van der Waals surface area contributed by atoms with Gasteiger partial charge in [0.05, 0.1) is 0 Å². The summed E-state index contributed by atoms with van der Waals surface area (Å²) in [7, 11) is 2.33. The van der Waals surface area contributed by atoms with Crippen LogP contribution in [0.4, 0.5) is 0 Å². The fraction of sp³-hybridized carbons (Fsp3) is 1.00. The molecule has 2 aliphatic rings. The van der Waals surface area contributed by atoms with Crippen LogP contribution in [0.2, 0.25) is 0 Å². The first kappa shape index (κ1) is 11.8. The van der Waals surface area contributed by atoms with E-state index in [0.717, 1.165) is 17.7 Å². The molecule has 2 fully saturated rings. The van der Waals surface area contributed by atoms with E-state index in [9.17, 15) is 0 Å². The van der Waals surface area contributed by atoms with Crippen LogP contribution in [0.3, 0.4) is 0 Å². The van der Waals surface area contributed by atoms with Gasteiger partial charge in [0.2, 0.25) is 0 Å². The summed E-state index contributed by atoms with van der Waals surface area (Å²) in [6.07, 6.45) is 8.53. The van der Waals surface area contributed by atoms with Crippen molar-refractivity contribution < 1.29 is 0 Å². The quantitative estimate of drug-likeness (QED) is 0.722. The van der Waals surface area contributed by atoms with Gasteiger partial charge in [-0.1, -0.05) is 19.8 Å². The Morgan fingerprint density at radius 2 is 2.07 bits per heavy atom. The van der Waals surface area contributed by atoms with Crippen molar-refractivity contribution in [3.63, 3.8) is 0 Å². The first-order chi connectivity index (χ1) is 7.15. The maximum absolute atomic E-state index is 4.49. The maximum atomic E-state index is 4.49. The smallest absolute Gasteiger partial charge is 0.00949 e. The summed E-state index contributed by atoms with van der Waals surface area (Å²) >= 11 is 4.49. The molecule has 15 heavy (non-hydrogen) atoms. The van der Waals surface area contributed by atoms with Crippen LogP contribution in [0.15, 0.2) is 0 Å². The molecule has 0 aliphatic heterocycles. The number of thiol groups is 1. The number of rotatable bonds is 4. The molecule has 0 aromatic rings. The SMILES string of the molecule is CC1CCCC(N(C)CC2(CS)CC2)C1. The largest absolute Gasteiger partial charge is 0.303 e. The predicted molar refractivity (Wildman–Crippen MR) is 69.6 cm³/mol. The third-order valence-electron chi connectivity index (χ3n) is 4.41. The normalized spacial score (nSPS) is 34.4. The van der Waals surface area contributed by atoms with Crippen LogP contribution in [0.1, 0.15) is 45.4 Å². The summed E-state index contributed by atoms with van der Waals surface area (Å²) in [5.74, 6) is 2.02. The Morgan fingerprint density at radius 1 is 1.33 bits per heavy atom. The lowest BCUT2D eigenvalue weighted by atomic mass is 9.86. The lowest BCUT2D eigenvalue weighted by Gasteiger charge is -2.36. The molecule has 0 saturated heterocycles. The molecule has 0 N–H and O–H groups in total. The molecule has 1 nitrogen and oxygen atoms in total. The zero-order valence-electron chi connectivity index (χ0n) is 10.2. The molecule has 2 heteroatoms. The molecule has 88 valence electrons. The standard InChI is InChI=1S/C13H25NS/c1-11-4-3-5-12(8-11)14(2)9-13(10-15)6-7-13/h11-12,15H,3-10H2,1-2H3. The van der Waals surface area contributed by atoms with E-state index in [1.54, 1.807) is 0 Å². The van der Waals surface area contributed by atoms with Crippen LogP contribution < -0.4 is 0 Å². The Hall–Kier alpha value is 0.310. The van der Waals surface area contributed by atoms with Crippen LogP contribution in [0.25, 0.3) is 0 Å². The van der Waals surface area contributed by atoms with Crippen molar-refractivity contribution in [1.82, 2.24) is 4.90 Å². The average molecular weight is 227 g/mol. The van der Waals surface area contributed by atoms with E-state index in [1.807, 2.05) is 0 Å². The van der Waals surface area contributed by atoms with Crippen molar-refractivity contribution in [2.75, 3.05) is 19.3 Å². The summed E-state index contributed by atoms with van der Waals surface area (Å²) in [5, 5.41) is 0. The van der Waals surface area contributed by atoms with E-state index in [-0.39, 0.29) is 0 Å². The van der Waals surface area contributed by atoms with E-state index in [4.69, 9.17) is 0 Å². The number of hydrogen-bond donors (Lipinski definition) is 1. The Bertz CT molecular complexity index is 213. The zero-order chi connectivity index (χ0) is 10.9. The maximum Gasteiger partial charge on any atom is 0.00949 e. The topological polar surface area (TPSA) is 3.24 Å². The number of hydrogen-bond acceptors (Lipinski definition) is 2. The van der Waals surface area contributed by atoms with E-state index in [0.29, 0.717) is 5.41 Å². The molecule has 0 bridgehead atoms. The summed E-state index contributed by atoms with van der Waals surface area (Å²) in [4.78, 5) is 2.62. The molecule has 2 rings (SSSR count). The Kier molecular flexibility index (Phi) is 3.67. The van der Waals surface area contributed by atoms with Gasteiger partial charge in [0.1, 0.15) is 0 Å². The van der Waals surface area contributed by atoms with Gasteiger partial charge in [-0.05, 0) is 49.8 Å². The Balaban J connectivity index is 1.82. The van der Waals surface area contributed by atoms with Gasteiger partial charge < -0.3 is 4.90 Å². The Morgan fingerprint density at radius 3 is 2.60 bits per heavy atom. The molecule has 2 unspecified atom stereocenters. The second-order valence-electron chi connectivity index (χ2n) is 6.00. The van der Waals surface area contributed by atoms with Gasteiger partial charge >= 0.3 is 0 Å². The highest BCUT2D eigenvalue weighted by Crippen LogP contribution is 2.47. The van der Waals surface area contributed by atoms with Gasteiger partial charge in [-0.15, -0.1) is 0 Å². The minimum Gasteiger partial charge on any atom is -0.303 e. The first-order valence-corrected chi connectivity index (χ1v) is 7.09. The lowest BCUT2D eigenvalue weighted by molar-refractivity contribution is 0.143. The van der Waals surface area contributed by atoms with Crippen LogP contribution in [-0.4, -0.2) is 30.3 Å². The van der Waals surface area contributed by atoms with Crippen molar-refractivity contribution in [3.05, 3.63) is 0 Å². The summed E-state index contributed by atoms with van der Waals surface area (Å²) in [5.41, 5.74) is 0.596. The molecule has 0 radical (unpaired) electrons. The summed E-state index contributed by atoms with van der Waals surface area (Å²) in [6, 6.07) is 0.853. The minimum absolute atomic E-state index is 0.596. The zero-order valence-corrected chi connectivity index (χ0v) is 11.1. The van der Waals surface area contributed by atoms with Crippen LogP contribution >= 0.6 is 12.6 Å². The summed E-state index contributed by atoms with van der Waals surface area (Å²) in [6.45, 7) is 3.69. The van der Waals surface area contributed by atoms with E-state index in [1.165, 1.54) is 45.1 Å². The third-order valence-corrected chi connectivity index (χ3v) is 5.08. The first-order valence-electron chi connectivity index (χ1n) is 6.46. The highest BCUT2D eigenvalue weighted by Gasteiger charge is 2.42. The van der Waals surface area contributed by atoms with Gasteiger partial charge in [-0.3, -0.25) is 0 Å². The van der Waals surface area contributed by atoms with Crippen molar-refractivity contribution in [2.45, 2.75) is 51.5 Å². The lowest BCUT2D eigenvalue weighted by Crippen LogP contribution is -2.39.